The number of nitrogens with zero attached hydrogens (tertiary/aromatic N) is 2. The van der Waals surface area contributed by atoms with Gasteiger partial charge in [-0.25, -0.2) is 4.79 Å². The Morgan fingerprint density at radius 3 is 2.15 bits per heavy atom. The molecule has 1 aliphatic heterocycles. The van der Waals surface area contributed by atoms with E-state index in [9.17, 15) is 22.6 Å². The standard InChI is InChI=1S/C24H28N2O5S.C5H11NO2/c1-24(2)20-17-19(32(29,30)31)12-13-21(20)26(16-8-4-7-11-23(27)28)22(24)14-15-25-18-9-5-3-6-10-18;1-6(2,3)4-5(7)8/h3,5-6,9-10,12-15,17H,4,7-8,11,16H2,1-2H3,(H2,27,28,29,30,31);4H2,1-3H3/p+2. The number of carboxylic acid groups (broad SMARTS) is 2. The molecule has 10 nitrogen and oxygen atoms in total. The van der Waals surface area contributed by atoms with Crippen molar-refractivity contribution in [3.8, 4) is 0 Å². The molecule has 0 amide bonds. The monoisotopic (exact) mass is 575 g/mol. The summed E-state index contributed by atoms with van der Waals surface area (Å²) in [5, 5.41) is 20.3. The van der Waals surface area contributed by atoms with E-state index in [0.29, 0.717) is 17.4 Å². The number of para-hydroxylation sites is 1. The summed E-state index contributed by atoms with van der Waals surface area (Å²) < 4.78 is 35.5. The largest absolute Gasteiger partial charge is 0.481 e. The highest BCUT2D eigenvalue weighted by Gasteiger charge is 2.44. The van der Waals surface area contributed by atoms with Crippen molar-refractivity contribution in [3.63, 3.8) is 0 Å². The summed E-state index contributed by atoms with van der Waals surface area (Å²) in [7, 11) is 1.22. The number of aliphatic carboxylic acids is 2. The number of allylic oxidation sites excluding steroid dienone is 1. The average molecular weight is 576 g/mol. The Hall–Kier alpha value is -3.54. The van der Waals surface area contributed by atoms with E-state index >= 15 is 0 Å². The van der Waals surface area contributed by atoms with Gasteiger partial charge in [-0.1, -0.05) is 18.2 Å². The minimum absolute atomic E-state index is 0.127. The minimum atomic E-state index is -4.31. The van der Waals surface area contributed by atoms with Crippen LogP contribution in [0.4, 0.5) is 11.4 Å². The Bertz CT molecular complexity index is 1360. The lowest BCUT2D eigenvalue weighted by molar-refractivity contribution is -0.862. The second kappa shape index (κ2) is 13.7. The third-order valence-electron chi connectivity index (χ3n) is 6.31. The van der Waals surface area contributed by atoms with Crippen LogP contribution in [-0.2, 0) is 25.1 Å². The lowest BCUT2D eigenvalue weighted by atomic mass is 9.81. The normalized spacial score (nSPS) is 14.4. The number of unbranched alkanes of at least 4 members (excludes halogenated alkanes) is 2. The summed E-state index contributed by atoms with van der Waals surface area (Å²) in [6.45, 7) is 4.89. The molecule has 1 aliphatic rings. The first kappa shape index (κ1) is 32.7. The van der Waals surface area contributed by atoms with E-state index in [0.717, 1.165) is 35.5 Å². The number of likely N-dealkylation sites (N-methyl/N-ethyl adjacent to an activating group) is 1. The van der Waals surface area contributed by atoms with Gasteiger partial charge in [0.25, 0.3) is 10.1 Å². The number of hydrogen-bond donors (Lipinski definition) is 4. The molecule has 0 saturated carbocycles. The Labute approximate surface area is 236 Å². The molecule has 40 heavy (non-hydrogen) atoms. The summed E-state index contributed by atoms with van der Waals surface area (Å²) >= 11 is 0. The topological polar surface area (TPSA) is 144 Å². The second-order valence-corrected chi connectivity index (χ2v) is 12.6. The van der Waals surface area contributed by atoms with Crippen LogP contribution in [0.2, 0.25) is 0 Å². The van der Waals surface area contributed by atoms with Gasteiger partial charge in [0.05, 0.1) is 31.5 Å². The predicted octanol–water partition coefficient (Wildman–Crippen LogP) is 4.36. The average Bonchev–Trinajstić information content (AvgIpc) is 3.03. The van der Waals surface area contributed by atoms with Crippen LogP contribution < -0.4 is 5.32 Å². The van der Waals surface area contributed by atoms with Crippen LogP contribution in [0.25, 0.3) is 0 Å². The van der Waals surface area contributed by atoms with Gasteiger partial charge >= 0.3 is 11.9 Å². The molecule has 1 heterocycles. The minimum Gasteiger partial charge on any atom is -0.481 e. The summed E-state index contributed by atoms with van der Waals surface area (Å²) in [5.41, 5.74) is 3.15. The maximum atomic E-state index is 11.7. The molecule has 2 aromatic rings. The molecular weight excluding hydrogens is 534 g/mol. The van der Waals surface area contributed by atoms with E-state index in [2.05, 4.69) is 9.89 Å². The zero-order chi connectivity index (χ0) is 30.1. The van der Waals surface area contributed by atoms with Crippen molar-refractivity contribution in [3.05, 3.63) is 66.4 Å². The molecule has 0 spiro atoms. The fourth-order valence-corrected chi connectivity index (χ4v) is 4.94. The van der Waals surface area contributed by atoms with Crippen molar-refractivity contribution in [2.24, 2.45) is 0 Å². The lowest BCUT2D eigenvalue weighted by Gasteiger charge is -2.20. The second-order valence-electron chi connectivity index (χ2n) is 11.2. The Kier molecular flexibility index (Phi) is 11.2. The maximum Gasteiger partial charge on any atom is 0.359 e. The van der Waals surface area contributed by atoms with E-state index in [1.165, 1.54) is 12.1 Å². The van der Waals surface area contributed by atoms with Gasteiger partial charge in [0, 0.05) is 42.4 Å². The third-order valence-corrected chi connectivity index (χ3v) is 7.16. The summed E-state index contributed by atoms with van der Waals surface area (Å²) in [6.07, 6.45) is 6.18. The molecule has 4 N–H and O–H groups in total. The Morgan fingerprint density at radius 2 is 1.62 bits per heavy atom. The number of quaternary nitrogens is 1. The highest BCUT2D eigenvalue weighted by Crippen LogP contribution is 2.41. The molecule has 0 radical (unpaired) electrons. The van der Waals surface area contributed by atoms with Gasteiger partial charge in [-0.05, 0) is 51.0 Å². The molecule has 0 bridgehead atoms. The number of carboxylic acids is 2. The number of nitrogens with one attached hydrogen (secondary N) is 1. The van der Waals surface area contributed by atoms with Gasteiger partial charge in [-0.3, -0.25) is 9.35 Å². The highest BCUT2D eigenvalue weighted by atomic mass is 32.2. The van der Waals surface area contributed by atoms with E-state index < -0.39 is 27.5 Å². The summed E-state index contributed by atoms with van der Waals surface area (Å²) in [6, 6.07) is 14.4. The first-order chi connectivity index (χ1) is 18.5. The predicted molar refractivity (Wildman–Crippen MR) is 155 cm³/mol. The Balaban J connectivity index is 0.000000611. The Morgan fingerprint density at radius 1 is 0.975 bits per heavy atom. The van der Waals surface area contributed by atoms with E-state index in [4.69, 9.17) is 10.2 Å². The molecule has 0 atom stereocenters. The lowest BCUT2D eigenvalue weighted by Crippen LogP contribution is -2.39. The van der Waals surface area contributed by atoms with Gasteiger partial charge in [0.2, 0.25) is 5.69 Å². The van der Waals surface area contributed by atoms with Crippen LogP contribution in [0.1, 0.15) is 45.1 Å². The fraction of sp³-hybridized carbons (Fsp3) is 0.414. The van der Waals surface area contributed by atoms with Crippen molar-refractivity contribution in [2.75, 3.05) is 39.5 Å². The quantitative estimate of drug-likeness (QED) is 0.127. The van der Waals surface area contributed by atoms with Gasteiger partial charge in [0.1, 0.15) is 6.54 Å². The van der Waals surface area contributed by atoms with Crippen LogP contribution in [0, 0.1) is 0 Å². The van der Waals surface area contributed by atoms with Crippen LogP contribution in [0.5, 0.6) is 0 Å². The number of carbonyl (C=O) groups is 2. The number of anilines is 1. The zero-order valence-corrected chi connectivity index (χ0v) is 24.6. The van der Waals surface area contributed by atoms with E-state index in [1.54, 1.807) is 6.07 Å². The zero-order valence-electron chi connectivity index (χ0n) is 23.8. The molecule has 0 aromatic heterocycles. The van der Waals surface area contributed by atoms with Crippen molar-refractivity contribution in [1.29, 1.82) is 0 Å². The molecule has 0 saturated heterocycles. The number of fused-ring (bicyclic) bond motifs is 1. The van der Waals surface area contributed by atoms with Crippen molar-refractivity contribution >= 4 is 39.1 Å². The smallest absolute Gasteiger partial charge is 0.359 e. The van der Waals surface area contributed by atoms with E-state index in [1.807, 2.05) is 77.6 Å². The summed E-state index contributed by atoms with van der Waals surface area (Å²) in [4.78, 5) is 20.6. The van der Waals surface area contributed by atoms with Crippen molar-refractivity contribution < 1.29 is 41.8 Å². The molecule has 2 aromatic carbocycles. The van der Waals surface area contributed by atoms with Crippen molar-refractivity contribution in [2.45, 2.75) is 49.8 Å². The molecule has 11 heteroatoms. The number of benzene rings is 2. The first-order valence-corrected chi connectivity index (χ1v) is 14.5. The molecule has 0 aliphatic carbocycles. The number of rotatable bonds is 12. The van der Waals surface area contributed by atoms with Crippen molar-refractivity contribution in [1.82, 2.24) is 0 Å². The van der Waals surface area contributed by atoms with Crippen LogP contribution in [0.15, 0.2) is 65.7 Å². The fourth-order valence-electron chi connectivity index (χ4n) is 4.44. The highest BCUT2D eigenvalue weighted by molar-refractivity contribution is 7.85. The molecule has 0 unspecified atom stereocenters. The molecule has 218 valence electrons. The van der Waals surface area contributed by atoms with Crippen LogP contribution in [-0.4, -0.2) is 84.1 Å². The number of hydrogen-bond acceptors (Lipinski definition) is 5. The van der Waals surface area contributed by atoms with Crippen LogP contribution in [0.3, 0.4) is 0 Å². The van der Waals surface area contributed by atoms with Gasteiger partial charge in [0.15, 0.2) is 12.3 Å². The molecule has 3 rings (SSSR count). The molecular formula is C29H41N3O7S+2. The third kappa shape index (κ3) is 9.89. The summed E-state index contributed by atoms with van der Waals surface area (Å²) in [5.74, 6) is -1.55. The van der Waals surface area contributed by atoms with Gasteiger partial charge in [-0.2, -0.15) is 13.0 Å². The van der Waals surface area contributed by atoms with Gasteiger partial charge < -0.3 is 20.0 Å². The SMILES string of the molecule is CC1(C)C(/C=C/Nc2ccccc2)=[N+](CCCCCC(=O)O)c2ccc(S(=O)(=O)O)cc21.C[N+](C)(C)CC(=O)O. The molecule has 0 fully saturated rings. The van der Waals surface area contributed by atoms with Gasteiger partial charge in [-0.15, -0.1) is 0 Å². The first-order valence-electron chi connectivity index (χ1n) is 13.0. The maximum absolute atomic E-state index is 11.7. The van der Waals surface area contributed by atoms with E-state index in [-0.39, 0.29) is 17.9 Å². The van der Waals surface area contributed by atoms with Crippen LogP contribution >= 0.6 is 0 Å².